The average Bonchev–Trinajstić information content (AvgIpc) is 3.19. The van der Waals surface area contributed by atoms with E-state index in [-0.39, 0.29) is 5.91 Å². The highest BCUT2D eigenvalue weighted by Crippen LogP contribution is 2.29. The molecule has 1 amide bonds. The minimum Gasteiger partial charge on any atom is -0.481 e. The van der Waals surface area contributed by atoms with Gasteiger partial charge in [0, 0.05) is 13.1 Å². The van der Waals surface area contributed by atoms with Crippen LogP contribution in [0.3, 0.4) is 0 Å². The summed E-state index contributed by atoms with van der Waals surface area (Å²) in [5, 5.41) is 8.99. The molecular weight excluding hydrogens is 234 g/mol. The molecule has 1 heterocycles. The fourth-order valence-electron chi connectivity index (χ4n) is 2.27. The number of hydrogen-bond donors (Lipinski definition) is 1. The van der Waals surface area contributed by atoms with Crippen molar-refractivity contribution in [2.24, 2.45) is 11.8 Å². The van der Waals surface area contributed by atoms with E-state index in [4.69, 9.17) is 9.84 Å². The Morgan fingerprint density at radius 3 is 2.72 bits per heavy atom. The van der Waals surface area contributed by atoms with Gasteiger partial charge in [0.15, 0.2) is 0 Å². The number of carbonyl (C=O) groups is 2. The second kappa shape index (κ2) is 5.69. The van der Waals surface area contributed by atoms with Crippen LogP contribution in [0, 0.1) is 11.8 Å². The van der Waals surface area contributed by atoms with Gasteiger partial charge in [0.05, 0.1) is 12.5 Å². The molecule has 0 bridgehead atoms. The molecule has 0 aromatic carbocycles. The summed E-state index contributed by atoms with van der Waals surface area (Å²) in [6.07, 6.45) is 3.38. The summed E-state index contributed by atoms with van der Waals surface area (Å²) in [4.78, 5) is 24.7. The van der Waals surface area contributed by atoms with Crippen molar-refractivity contribution in [3.05, 3.63) is 0 Å². The Morgan fingerprint density at radius 1 is 1.39 bits per heavy atom. The van der Waals surface area contributed by atoms with Gasteiger partial charge in [-0.15, -0.1) is 0 Å². The quantitative estimate of drug-likeness (QED) is 0.799. The number of amides is 1. The maximum absolute atomic E-state index is 12.1. The highest BCUT2D eigenvalue weighted by atomic mass is 16.5. The standard InChI is InChI=1S/C13H21NO4/c1-9(18-8-10-4-5-10)12(15)14-6-2-3-11(7-14)13(16)17/h9-11H,2-8H2,1H3,(H,16,17)/t9-,11-/m0/s1. The molecule has 2 rings (SSSR count). The molecule has 2 aliphatic rings. The number of aliphatic carboxylic acids is 1. The number of carboxylic acid groups (broad SMARTS) is 1. The zero-order valence-electron chi connectivity index (χ0n) is 10.8. The number of nitrogens with zero attached hydrogens (tertiary/aromatic N) is 1. The number of carbonyl (C=O) groups excluding carboxylic acids is 1. The van der Waals surface area contributed by atoms with Crippen LogP contribution in [-0.2, 0) is 14.3 Å². The van der Waals surface area contributed by atoms with Crippen LogP contribution in [0.15, 0.2) is 0 Å². The molecule has 1 aliphatic heterocycles. The summed E-state index contributed by atoms with van der Waals surface area (Å²) in [6.45, 7) is 3.39. The largest absolute Gasteiger partial charge is 0.481 e. The van der Waals surface area contributed by atoms with Crippen LogP contribution < -0.4 is 0 Å². The monoisotopic (exact) mass is 255 g/mol. The molecule has 2 fully saturated rings. The number of rotatable bonds is 5. The average molecular weight is 255 g/mol. The van der Waals surface area contributed by atoms with E-state index in [1.165, 1.54) is 12.8 Å². The molecule has 102 valence electrons. The Bertz CT molecular complexity index is 327. The van der Waals surface area contributed by atoms with Crippen molar-refractivity contribution in [2.45, 2.75) is 38.7 Å². The lowest BCUT2D eigenvalue weighted by molar-refractivity contribution is -0.150. The molecule has 1 saturated carbocycles. The predicted octanol–water partition coefficient (Wildman–Crippen LogP) is 1.12. The van der Waals surface area contributed by atoms with Crippen LogP contribution in [0.4, 0.5) is 0 Å². The lowest BCUT2D eigenvalue weighted by atomic mass is 9.98. The van der Waals surface area contributed by atoms with Crippen LogP contribution in [-0.4, -0.2) is 47.7 Å². The van der Waals surface area contributed by atoms with E-state index in [9.17, 15) is 9.59 Å². The van der Waals surface area contributed by atoms with Gasteiger partial charge >= 0.3 is 5.97 Å². The number of piperidine rings is 1. The molecule has 5 heteroatoms. The summed E-state index contributed by atoms with van der Waals surface area (Å²) in [6, 6.07) is 0. The fraction of sp³-hybridized carbons (Fsp3) is 0.846. The molecule has 1 saturated heterocycles. The summed E-state index contributed by atoms with van der Waals surface area (Å²) in [5.41, 5.74) is 0. The van der Waals surface area contributed by atoms with Gasteiger partial charge in [0.2, 0.25) is 0 Å². The maximum Gasteiger partial charge on any atom is 0.308 e. The molecule has 18 heavy (non-hydrogen) atoms. The van der Waals surface area contributed by atoms with Crippen LogP contribution in [0.1, 0.15) is 32.6 Å². The van der Waals surface area contributed by atoms with Gasteiger partial charge in [0.25, 0.3) is 5.91 Å². The number of carboxylic acids is 1. The number of hydrogen-bond acceptors (Lipinski definition) is 3. The van der Waals surface area contributed by atoms with Crippen molar-refractivity contribution in [1.82, 2.24) is 4.90 Å². The van der Waals surface area contributed by atoms with E-state index in [0.717, 1.165) is 6.42 Å². The van der Waals surface area contributed by atoms with Crippen molar-refractivity contribution >= 4 is 11.9 Å². The minimum absolute atomic E-state index is 0.0680. The maximum atomic E-state index is 12.1. The van der Waals surface area contributed by atoms with Crippen molar-refractivity contribution < 1.29 is 19.4 Å². The third-order valence-electron chi connectivity index (χ3n) is 3.71. The van der Waals surface area contributed by atoms with E-state index in [0.29, 0.717) is 32.0 Å². The second-order valence-corrected chi connectivity index (χ2v) is 5.38. The van der Waals surface area contributed by atoms with E-state index in [2.05, 4.69) is 0 Å². The number of likely N-dealkylation sites (tertiary alicyclic amines) is 1. The molecule has 2 atom stereocenters. The molecule has 0 aromatic heterocycles. The summed E-state index contributed by atoms with van der Waals surface area (Å²) >= 11 is 0. The van der Waals surface area contributed by atoms with Gasteiger partial charge in [0.1, 0.15) is 6.10 Å². The third kappa shape index (κ3) is 3.45. The third-order valence-corrected chi connectivity index (χ3v) is 3.71. The lowest BCUT2D eigenvalue weighted by Crippen LogP contribution is -2.46. The van der Waals surface area contributed by atoms with Crippen LogP contribution >= 0.6 is 0 Å². The Labute approximate surface area is 107 Å². The minimum atomic E-state index is -0.806. The van der Waals surface area contributed by atoms with Gasteiger partial charge in [-0.3, -0.25) is 9.59 Å². The normalized spacial score (nSPS) is 25.8. The zero-order chi connectivity index (χ0) is 13.1. The molecule has 1 aliphatic carbocycles. The van der Waals surface area contributed by atoms with E-state index >= 15 is 0 Å². The first-order valence-electron chi connectivity index (χ1n) is 6.71. The van der Waals surface area contributed by atoms with E-state index < -0.39 is 18.0 Å². The Hall–Kier alpha value is -1.10. The highest BCUT2D eigenvalue weighted by molar-refractivity contribution is 5.81. The van der Waals surface area contributed by atoms with Crippen LogP contribution in [0.25, 0.3) is 0 Å². The summed E-state index contributed by atoms with van der Waals surface area (Å²) in [7, 11) is 0. The van der Waals surface area contributed by atoms with Crippen LogP contribution in [0.5, 0.6) is 0 Å². The molecule has 5 nitrogen and oxygen atoms in total. The smallest absolute Gasteiger partial charge is 0.308 e. The molecule has 0 unspecified atom stereocenters. The van der Waals surface area contributed by atoms with Gasteiger partial charge < -0.3 is 14.7 Å². The molecule has 1 N–H and O–H groups in total. The Kier molecular flexibility index (Phi) is 4.22. The zero-order valence-corrected chi connectivity index (χ0v) is 10.8. The van der Waals surface area contributed by atoms with Gasteiger partial charge in [-0.1, -0.05) is 0 Å². The first kappa shape index (κ1) is 13.3. The first-order chi connectivity index (χ1) is 8.58. The Morgan fingerprint density at radius 2 is 2.11 bits per heavy atom. The predicted molar refractivity (Wildman–Crippen MR) is 65.1 cm³/mol. The van der Waals surface area contributed by atoms with Crippen molar-refractivity contribution in [2.75, 3.05) is 19.7 Å². The molecule has 0 radical (unpaired) electrons. The fourth-order valence-corrected chi connectivity index (χ4v) is 2.27. The van der Waals surface area contributed by atoms with E-state index in [1.807, 2.05) is 0 Å². The van der Waals surface area contributed by atoms with Crippen molar-refractivity contribution in [1.29, 1.82) is 0 Å². The molecule has 0 aromatic rings. The van der Waals surface area contributed by atoms with E-state index in [1.54, 1.807) is 11.8 Å². The highest BCUT2D eigenvalue weighted by Gasteiger charge is 2.31. The molecule has 0 spiro atoms. The van der Waals surface area contributed by atoms with Gasteiger partial charge in [-0.25, -0.2) is 0 Å². The van der Waals surface area contributed by atoms with Gasteiger partial charge in [-0.05, 0) is 38.5 Å². The SMILES string of the molecule is C[C@H](OCC1CC1)C(=O)N1CCC[C@H](C(=O)O)C1. The van der Waals surface area contributed by atoms with Crippen molar-refractivity contribution in [3.8, 4) is 0 Å². The van der Waals surface area contributed by atoms with Crippen molar-refractivity contribution in [3.63, 3.8) is 0 Å². The summed E-state index contributed by atoms with van der Waals surface area (Å²) < 4.78 is 5.54. The number of ether oxygens (including phenoxy) is 1. The van der Waals surface area contributed by atoms with Gasteiger partial charge in [-0.2, -0.15) is 0 Å². The summed E-state index contributed by atoms with van der Waals surface area (Å²) in [5.74, 6) is -0.660. The first-order valence-corrected chi connectivity index (χ1v) is 6.71. The lowest BCUT2D eigenvalue weighted by Gasteiger charge is -2.32. The topological polar surface area (TPSA) is 66.8 Å². The second-order valence-electron chi connectivity index (χ2n) is 5.38. The van der Waals surface area contributed by atoms with Crippen LogP contribution in [0.2, 0.25) is 0 Å². The molecular formula is C13H21NO4. The Balaban J connectivity index is 1.80.